The van der Waals surface area contributed by atoms with E-state index in [0.717, 1.165) is 42.6 Å². The third kappa shape index (κ3) is 4.94. The average Bonchev–Trinajstić information content (AvgIpc) is 3.46. The van der Waals surface area contributed by atoms with Crippen molar-refractivity contribution in [3.63, 3.8) is 0 Å². The summed E-state index contributed by atoms with van der Waals surface area (Å²) in [6.45, 7) is 3.41. The third-order valence-electron chi connectivity index (χ3n) is 6.53. The SMILES string of the molecule is NC(Cc1c[nH]c2ccccc12)C(=O)NCC1CN(c2ccc(N3CCNCC3)c(F)c2)C(=O)O1. The molecule has 3 aromatic rings. The molecule has 5 rings (SSSR count). The fourth-order valence-corrected chi connectivity index (χ4v) is 4.64. The summed E-state index contributed by atoms with van der Waals surface area (Å²) in [6, 6.07) is 11.9. The van der Waals surface area contributed by atoms with Crippen molar-refractivity contribution >= 4 is 34.3 Å². The number of carbonyl (C=O) groups is 2. The maximum absolute atomic E-state index is 14.8. The van der Waals surface area contributed by atoms with Gasteiger partial charge in [-0.2, -0.15) is 0 Å². The number of para-hydroxylation sites is 1. The van der Waals surface area contributed by atoms with Gasteiger partial charge in [-0.05, 0) is 36.2 Å². The van der Waals surface area contributed by atoms with Crippen LogP contribution in [0.15, 0.2) is 48.7 Å². The number of hydrogen-bond acceptors (Lipinski definition) is 6. The number of amides is 2. The predicted molar refractivity (Wildman–Crippen MR) is 132 cm³/mol. The summed E-state index contributed by atoms with van der Waals surface area (Å²) >= 11 is 0. The zero-order chi connectivity index (χ0) is 24.4. The molecule has 2 saturated heterocycles. The fourth-order valence-electron chi connectivity index (χ4n) is 4.64. The molecule has 2 unspecified atom stereocenters. The Morgan fingerprint density at radius 3 is 2.83 bits per heavy atom. The molecule has 2 aliphatic rings. The van der Waals surface area contributed by atoms with Gasteiger partial charge in [0, 0.05) is 43.3 Å². The molecule has 5 N–H and O–H groups in total. The highest BCUT2D eigenvalue weighted by atomic mass is 19.1. The van der Waals surface area contributed by atoms with Gasteiger partial charge in [0.15, 0.2) is 0 Å². The van der Waals surface area contributed by atoms with Crippen LogP contribution < -0.4 is 26.2 Å². The number of aromatic amines is 1. The Bertz CT molecular complexity index is 1220. The maximum atomic E-state index is 14.8. The average molecular weight is 481 g/mol. The Labute approximate surface area is 202 Å². The first-order valence-electron chi connectivity index (χ1n) is 11.8. The van der Waals surface area contributed by atoms with E-state index in [0.29, 0.717) is 17.8 Å². The topological polar surface area (TPSA) is 116 Å². The van der Waals surface area contributed by atoms with Crippen molar-refractivity contribution in [1.82, 2.24) is 15.6 Å². The smallest absolute Gasteiger partial charge is 0.414 e. The third-order valence-corrected chi connectivity index (χ3v) is 6.53. The van der Waals surface area contributed by atoms with Crippen LogP contribution in [0.1, 0.15) is 5.56 Å². The van der Waals surface area contributed by atoms with Gasteiger partial charge in [0.25, 0.3) is 0 Å². The van der Waals surface area contributed by atoms with Crippen molar-refractivity contribution in [2.45, 2.75) is 18.6 Å². The van der Waals surface area contributed by atoms with Crippen molar-refractivity contribution in [2.24, 2.45) is 5.73 Å². The summed E-state index contributed by atoms with van der Waals surface area (Å²) in [5, 5.41) is 7.05. The highest BCUT2D eigenvalue weighted by Crippen LogP contribution is 2.28. The van der Waals surface area contributed by atoms with E-state index in [9.17, 15) is 14.0 Å². The van der Waals surface area contributed by atoms with Crippen molar-refractivity contribution in [3.05, 3.63) is 60.0 Å². The van der Waals surface area contributed by atoms with Crippen molar-refractivity contribution in [3.8, 4) is 0 Å². The molecular formula is C25H29FN6O3. The first-order chi connectivity index (χ1) is 17.0. The second-order valence-electron chi connectivity index (χ2n) is 8.90. The number of H-pyrrole nitrogens is 1. The Morgan fingerprint density at radius 2 is 2.03 bits per heavy atom. The van der Waals surface area contributed by atoms with E-state index in [1.54, 1.807) is 12.1 Å². The monoisotopic (exact) mass is 480 g/mol. The Balaban J connectivity index is 1.15. The standard InChI is InChI=1S/C25H29FN6O3/c26-20-12-17(5-6-23(20)31-9-7-28-8-10-31)32-15-18(35-25(32)34)14-30-24(33)21(27)11-16-13-29-22-4-2-1-3-19(16)22/h1-6,12-13,18,21,28-29H,7-11,14-15,27H2,(H,30,33). The number of nitrogens with zero attached hydrogens (tertiary/aromatic N) is 2. The summed E-state index contributed by atoms with van der Waals surface area (Å²) in [7, 11) is 0. The van der Waals surface area contributed by atoms with Gasteiger partial charge in [-0.25, -0.2) is 9.18 Å². The second-order valence-corrected chi connectivity index (χ2v) is 8.90. The molecule has 10 heteroatoms. The molecule has 0 spiro atoms. The molecule has 0 radical (unpaired) electrons. The quantitative estimate of drug-likeness (QED) is 0.409. The summed E-state index contributed by atoms with van der Waals surface area (Å²) in [5.41, 5.74) is 9.04. The van der Waals surface area contributed by atoms with E-state index in [1.165, 1.54) is 11.0 Å². The number of halogens is 1. The lowest BCUT2D eigenvalue weighted by atomic mass is 10.1. The molecule has 184 valence electrons. The van der Waals surface area contributed by atoms with Crippen LogP contribution >= 0.6 is 0 Å². The normalized spacial score (nSPS) is 19.1. The summed E-state index contributed by atoms with van der Waals surface area (Å²) < 4.78 is 20.2. The lowest BCUT2D eigenvalue weighted by molar-refractivity contribution is -0.122. The number of nitrogens with two attached hydrogens (primary N) is 1. The number of piperazine rings is 1. The largest absolute Gasteiger partial charge is 0.442 e. The molecular weight excluding hydrogens is 451 g/mol. The number of ether oxygens (including phenoxy) is 1. The first kappa shape index (κ1) is 23.1. The second kappa shape index (κ2) is 9.93. The molecule has 0 saturated carbocycles. The van der Waals surface area contributed by atoms with Gasteiger partial charge in [-0.15, -0.1) is 0 Å². The fraction of sp³-hybridized carbons (Fsp3) is 0.360. The number of anilines is 2. The molecule has 3 heterocycles. The van der Waals surface area contributed by atoms with E-state index >= 15 is 0 Å². The summed E-state index contributed by atoms with van der Waals surface area (Å²) in [6.07, 6.45) is 1.12. The summed E-state index contributed by atoms with van der Waals surface area (Å²) in [4.78, 5) is 31.5. The van der Waals surface area contributed by atoms with E-state index < -0.39 is 18.2 Å². The Kier molecular flexibility index (Phi) is 6.56. The number of nitrogens with one attached hydrogen (secondary N) is 3. The molecule has 2 atom stereocenters. The number of rotatable bonds is 7. The van der Waals surface area contributed by atoms with Crippen molar-refractivity contribution in [1.29, 1.82) is 0 Å². The van der Waals surface area contributed by atoms with Gasteiger partial charge in [0.1, 0.15) is 11.9 Å². The van der Waals surface area contributed by atoms with Gasteiger partial charge < -0.3 is 31.0 Å². The molecule has 1 aromatic heterocycles. The molecule has 35 heavy (non-hydrogen) atoms. The van der Waals surface area contributed by atoms with E-state index in [-0.39, 0.29) is 24.8 Å². The molecule has 0 aliphatic carbocycles. The van der Waals surface area contributed by atoms with Crippen LogP contribution in [0.4, 0.5) is 20.6 Å². The lowest BCUT2D eigenvalue weighted by Gasteiger charge is -2.30. The number of benzene rings is 2. The van der Waals surface area contributed by atoms with Crippen LogP contribution in [0.5, 0.6) is 0 Å². The Morgan fingerprint density at radius 1 is 1.23 bits per heavy atom. The molecule has 0 bridgehead atoms. The highest BCUT2D eigenvalue weighted by Gasteiger charge is 2.33. The minimum Gasteiger partial charge on any atom is -0.442 e. The minimum absolute atomic E-state index is 0.129. The van der Waals surface area contributed by atoms with Gasteiger partial charge in [0.05, 0.1) is 30.5 Å². The number of carbonyl (C=O) groups excluding carboxylic acids is 2. The number of aromatic nitrogens is 1. The number of hydrogen-bond donors (Lipinski definition) is 4. The molecule has 9 nitrogen and oxygen atoms in total. The van der Waals surface area contributed by atoms with E-state index in [2.05, 4.69) is 15.6 Å². The van der Waals surface area contributed by atoms with Gasteiger partial charge in [-0.1, -0.05) is 18.2 Å². The van der Waals surface area contributed by atoms with E-state index in [1.807, 2.05) is 35.4 Å². The predicted octanol–water partition coefficient (Wildman–Crippen LogP) is 1.73. The summed E-state index contributed by atoms with van der Waals surface area (Å²) in [5.74, 6) is -0.701. The highest BCUT2D eigenvalue weighted by molar-refractivity contribution is 5.90. The van der Waals surface area contributed by atoms with Gasteiger partial charge in [-0.3, -0.25) is 9.69 Å². The van der Waals surface area contributed by atoms with Gasteiger partial charge in [0.2, 0.25) is 5.91 Å². The van der Waals surface area contributed by atoms with Crippen LogP contribution in [0.2, 0.25) is 0 Å². The van der Waals surface area contributed by atoms with Crippen molar-refractivity contribution in [2.75, 3.05) is 49.1 Å². The lowest BCUT2D eigenvalue weighted by Crippen LogP contribution is -2.45. The van der Waals surface area contributed by atoms with E-state index in [4.69, 9.17) is 10.5 Å². The van der Waals surface area contributed by atoms with Crippen LogP contribution in [0, 0.1) is 5.82 Å². The van der Waals surface area contributed by atoms with Crippen LogP contribution in [0.25, 0.3) is 10.9 Å². The Hall–Kier alpha value is -3.63. The van der Waals surface area contributed by atoms with Crippen LogP contribution in [-0.2, 0) is 16.0 Å². The molecule has 2 fully saturated rings. The number of cyclic esters (lactones) is 1. The zero-order valence-corrected chi connectivity index (χ0v) is 19.3. The van der Waals surface area contributed by atoms with Crippen LogP contribution in [-0.4, -0.2) is 68.4 Å². The van der Waals surface area contributed by atoms with Gasteiger partial charge >= 0.3 is 6.09 Å². The van der Waals surface area contributed by atoms with Crippen LogP contribution in [0.3, 0.4) is 0 Å². The minimum atomic E-state index is -0.742. The first-order valence-corrected chi connectivity index (χ1v) is 11.8. The molecule has 2 amide bonds. The molecule has 2 aromatic carbocycles. The zero-order valence-electron chi connectivity index (χ0n) is 19.3. The molecule has 2 aliphatic heterocycles. The number of fused-ring (bicyclic) bond motifs is 1. The maximum Gasteiger partial charge on any atom is 0.414 e. The van der Waals surface area contributed by atoms with Crippen molar-refractivity contribution < 1.29 is 18.7 Å².